The molecule has 1 aromatic rings. The van der Waals surface area contributed by atoms with E-state index in [1.807, 2.05) is 19.9 Å². The van der Waals surface area contributed by atoms with Crippen LogP contribution < -0.4 is 0 Å². The molecule has 1 aliphatic carbocycles. The van der Waals surface area contributed by atoms with Gasteiger partial charge in [-0.2, -0.15) is 5.26 Å². The van der Waals surface area contributed by atoms with Crippen molar-refractivity contribution in [3.05, 3.63) is 46.3 Å². The van der Waals surface area contributed by atoms with Gasteiger partial charge in [-0.05, 0) is 30.7 Å². The summed E-state index contributed by atoms with van der Waals surface area (Å²) in [6.07, 6.45) is 1.71. The number of rotatable bonds is 4. The second-order valence-electron chi connectivity index (χ2n) is 6.65. The summed E-state index contributed by atoms with van der Waals surface area (Å²) in [5, 5.41) is 8.82. The standard InChI is InChI=1S/C18H18F3NO2/c1-9(7-22)5-12-15(18(12,3)4)17(23)24-8-11-10(2)13(19)6-14(20)16(11)21/h5-6,12,15H,8H2,1-4H3/b9-5-. The molecule has 2 rings (SSSR count). The van der Waals surface area contributed by atoms with Crippen molar-refractivity contribution in [2.24, 2.45) is 17.3 Å². The number of esters is 1. The fourth-order valence-electron chi connectivity index (χ4n) is 2.89. The van der Waals surface area contributed by atoms with E-state index in [0.717, 1.165) is 0 Å². The van der Waals surface area contributed by atoms with E-state index in [2.05, 4.69) is 0 Å². The molecule has 1 saturated carbocycles. The third-order valence-corrected chi connectivity index (χ3v) is 4.67. The van der Waals surface area contributed by atoms with E-state index in [1.54, 1.807) is 13.0 Å². The number of carbonyl (C=O) groups excluding carboxylic acids is 1. The highest BCUT2D eigenvalue weighted by atomic mass is 19.2. The second-order valence-corrected chi connectivity index (χ2v) is 6.65. The minimum Gasteiger partial charge on any atom is -0.460 e. The Labute approximate surface area is 138 Å². The molecule has 0 spiro atoms. The van der Waals surface area contributed by atoms with Gasteiger partial charge in [-0.1, -0.05) is 19.9 Å². The first-order valence-electron chi connectivity index (χ1n) is 7.49. The first kappa shape index (κ1) is 18.1. The number of halogens is 3. The van der Waals surface area contributed by atoms with Gasteiger partial charge in [0.15, 0.2) is 11.6 Å². The molecule has 0 amide bonds. The number of allylic oxidation sites excluding steroid dienone is 2. The summed E-state index contributed by atoms with van der Waals surface area (Å²) in [6.45, 7) is 6.12. The molecule has 1 aliphatic rings. The SMILES string of the molecule is C/C(C#N)=C/C1C(C(=O)OCc2c(C)c(F)cc(F)c2F)C1(C)C. The quantitative estimate of drug-likeness (QED) is 0.470. The minimum atomic E-state index is -1.32. The molecule has 0 N–H and O–H groups in total. The Bertz CT molecular complexity index is 736. The molecule has 24 heavy (non-hydrogen) atoms. The van der Waals surface area contributed by atoms with Gasteiger partial charge < -0.3 is 4.74 Å². The van der Waals surface area contributed by atoms with E-state index < -0.39 is 35.9 Å². The first-order chi connectivity index (χ1) is 11.1. The van der Waals surface area contributed by atoms with E-state index in [1.165, 1.54) is 6.92 Å². The summed E-state index contributed by atoms with van der Waals surface area (Å²) in [5.41, 5.74) is -0.277. The number of hydrogen-bond acceptors (Lipinski definition) is 3. The molecule has 0 bridgehead atoms. The van der Waals surface area contributed by atoms with Crippen molar-refractivity contribution in [1.82, 2.24) is 0 Å². The van der Waals surface area contributed by atoms with Crippen LogP contribution in [0, 0.1) is 53.0 Å². The highest BCUT2D eigenvalue weighted by molar-refractivity contribution is 5.78. The van der Waals surface area contributed by atoms with Gasteiger partial charge in [-0.15, -0.1) is 0 Å². The van der Waals surface area contributed by atoms with Gasteiger partial charge in [-0.3, -0.25) is 4.79 Å². The molecular formula is C18H18F3NO2. The molecule has 1 fully saturated rings. The largest absolute Gasteiger partial charge is 0.460 e. The molecule has 0 heterocycles. The van der Waals surface area contributed by atoms with Crippen LogP contribution in [0.3, 0.4) is 0 Å². The number of nitriles is 1. The molecule has 0 aliphatic heterocycles. The summed E-state index contributed by atoms with van der Waals surface area (Å²) in [5.74, 6) is -4.62. The monoisotopic (exact) mass is 337 g/mol. The van der Waals surface area contributed by atoms with Gasteiger partial charge in [-0.25, -0.2) is 13.2 Å². The maximum absolute atomic E-state index is 13.8. The Hall–Kier alpha value is -2.29. The minimum absolute atomic E-state index is 0.0893. The van der Waals surface area contributed by atoms with Crippen LogP contribution >= 0.6 is 0 Å². The maximum Gasteiger partial charge on any atom is 0.310 e. The molecule has 2 unspecified atom stereocenters. The summed E-state index contributed by atoms with van der Waals surface area (Å²) >= 11 is 0. The average molecular weight is 337 g/mol. The van der Waals surface area contributed by atoms with Crippen LogP contribution in [0.2, 0.25) is 0 Å². The number of nitrogens with zero attached hydrogens (tertiary/aromatic N) is 1. The fraction of sp³-hybridized carbons (Fsp3) is 0.444. The summed E-state index contributed by atoms with van der Waals surface area (Å²) in [4.78, 5) is 12.2. The van der Waals surface area contributed by atoms with Crippen molar-refractivity contribution in [1.29, 1.82) is 5.26 Å². The lowest BCUT2D eigenvalue weighted by molar-refractivity contribution is -0.147. The van der Waals surface area contributed by atoms with E-state index in [9.17, 15) is 18.0 Å². The molecule has 6 heteroatoms. The molecule has 0 saturated heterocycles. The van der Waals surface area contributed by atoms with Crippen LogP contribution in [0.5, 0.6) is 0 Å². The van der Waals surface area contributed by atoms with Gasteiger partial charge >= 0.3 is 5.97 Å². The predicted molar refractivity (Wildman–Crippen MR) is 81.0 cm³/mol. The van der Waals surface area contributed by atoms with Crippen molar-refractivity contribution in [3.8, 4) is 6.07 Å². The Morgan fingerprint density at radius 3 is 2.58 bits per heavy atom. The smallest absolute Gasteiger partial charge is 0.310 e. The highest BCUT2D eigenvalue weighted by Gasteiger charge is 2.61. The van der Waals surface area contributed by atoms with Crippen LogP contribution in [0.15, 0.2) is 17.7 Å². The van der Waals surface area contributed by atoms with Gasteiger partial charge in [0.05, 0.1) is 12.0 Å². The predicted octanol–water partition coefficient (Wildman–Crippen LogP) is 4.20. The Kier molecular flexibility index (Phi) is 4.75. The number of carbonyl (C=O) groups is 1. The van der Waals surface area contributed by atoms with Crippen LogP contribution in [0.25, 0.3) is 0 Å². The lowest BCUT2D eigenvalue weighted by Gasteiger charge is -2.10. The molecule has 3 nitrogen and oxygen atoms in total. The van der Waals surface area contributed by atoms with Gasteiger partial charge in [0, 0.05) is 17.2 Å². The number of benzene rings is 1. The van der Waals surface area contributed by atoms with Crippen LogP contribution in [0.1, 0.15) is 31.9 Å². The zero-order chi connectivity index (χ0) is 18.2. The van der Waals surface area contributed by atoms with Crippen molar-refractivity contribution < 1.29 is 22.7 Å². The van der Waals surface area contributed by atoms with Crippen LogP contribution in [-0.4, -0.2) is 5.97 Å². The van der Waals surface area contributed by atoms with Gasteiger partial charge in [0.1, 0.15) is 12.4 Å². The molecular weight excluding hydrogens is 319 g/mol. The molecule has 0 radical (unpaired) electrons. The molecule has 2 atom stereocenters. The fourth-order valence-corrected chi connectivity index (χ4v) is 2.89. The lowest BCUT2D eigenvalue weighted by Crippen LogP contribution is -2.13. The molecule has 128 valence electrons. The van der Waals surface area contributed by atoms with E-state index >= 15 is 0 Å². The third kappa shape index (κ3) is 3.16. The van der Waals surface area contributed by atoms with Gasteiger partial charge in [0.25, 0.3) is 0 Å². The van der Waals surface area contributed by atoms with Crippen LogP contribution in [-0.2, 0) is 16.1 Å². The molecule has 1 aromatic carbocycles. The third-order valence-electron chi connectivity index (χ3n) is 4.67. The highest BCUT2D eigenvalue weighted by Crippen LogP contribution is 2.59. The van der Waals surface area contributed by atoms with Crippen molar-refractivity contribution in [2.75, 3.05) is 0 Å². The zero-order valence-electron chi connectivity index (χ0n) is 13.9. The first-order valence-corrected chi connectivity index (χ1v) is 7.49. The Balaban J connectivity index is 2.12. The average Bonchev–Trinajstić information content (AvgIpc) is 3.05. The number of hydrogen-bond donors (Lipinski definition) is 0. The van der Waals surface area contributed by atoms with Crippen molar-refractivity contribution in [2.45, 2.75) is 34.3 Å². The topological polar surface area (TPSA) is 50.1 Å². The van der Waals surface area contributed by atoms with E-state index in [-0.39, 0.29) is 22.5 Å². The second kappa shape index (κ2) is 6.31. The lowest BCUT2D eigenvalue weighted by atomic mass is 10.1. The number of ether oxygens (including phenoxy) is 1. The Morgan fingerprint density at radius 2 is 2.00 bits per heavy atom. The summed E-state index contributed by atoms with van der Waals surface area (Å²) < 4.78 is 45.6. The maximum atomic E-state index is 13.8. The zero-order valence-corrected chi connectivity index (χ0v) is 13.9. The van der Waals surface area contributed by atoms with E-state index in [0.29, 0.717) is 11.6 Å². The molecule has 0 aromatic heterocycles. The van der Waals surface area contributed by atoms with Crippen molar-refractivity contribution >= 4 is 5.97 Å². The van der Waals surface area contributed by atoms with Gasteiger partial charge in [0.2, 0.25) is 0 Å². The normalized spacial score (nSPS) is 22.0. The summed E-state index contributed by atoms with van der Waals surface area (Å²) in [6, 6.07) is 2.46. The van der Waals surface area contributed by atoms with E-state index in [4.69, 9.17) is 10.00 Å². The van der Waals surface area contributed by atoms with Crippen LogP contribution in [0.4, 0.5) is 13.2 Å². The Morgan fingerprint density at radius 1 is 1.38 bits per heavy atom. The van der Waals surface area contributed by atoms with Crippen molar-refractivity contribution in [3.63, 3.8) is 0 Å². The summed E-state index contributed by atoms with van der Waals surface area (Å²) in [7, 11) is 0.